The molecular formula is C12H12ClIN2O2. The molecule has 6 heteroatoms. The molecule has 18 heavy (non-hydrogen) atoms. The molecule has 0 fully saturated rings. The third-order valence-electron chi connectivity index (χ3n) is 2.18. The number of aromatic nitrogens is 2. The van der Waals surface area contributed by atoms with Crippen LogP contribution in [0.3, 0.4) is 0 Å². The van der Waals surface area contributed by atoms with Gasteiger partial charge in [0.1, 0.15) is 5.60 Å². The highest BCUT2D eigenvalue weighted by molar-refractivity contribution is 14.1. The van der Waals surface area contributed by atoms with E-state index in [2.05, 4.69) is 27.6 Å². The zero-order chi connectivity index (χ0) is 13.5. The lowest BCUT2D eigenvalue weighted by Crippen LogP contribution is -2.26. The monoisotopic (exact) mass is 378 g/mol. The molecule has 0 aromatic carbocycles. The van der Waals surface area contributed by atoms with Crippen LogP contribution in [0.2, 0.25) is 5.02 Å². The van der Waals surface area contributed by atoms with Gasteiger partial charge in [0.05, 0.1) is 10.4 Å². The Morgan fingerprint density at radius 2 is 2.17 bits per heavy atom. The third-order valence-corrected chi connectivity index (χ3v) is 3.31. The molecule has 0 N–H and O–H groups in total. The number of nitrogens with zero attached hydrogens (tertiary/aromatic N) is 2. The Balaban J connectivity index is 2.53. The maximum Gasteiger partial charge on any atom is 0.420 e. The second-order valence-corrected chi connectivity index (χ2v) is 6.39. The highest BCUT2D eigenvalue weighted by atomic mass is 127. The zero-order valence-corrected chi connectivity index (χ0v) is 13.1. The summed E-state index contributed by atoms with van der Waals surface area (Å²) in [7, 11) is 0. The fourth-order valence-electron chi connectivity index (χ4n) is 1.52. The second kappa shape index (κ2) is 4.70. The average Bonchev–Trinajstić information content (AvgIpc) is 2.55. The van der Waals surface area contributed by atoms with Crippen molar-refractivity contribution in [2.75, 3.05) is 0 Å². The van der Waals surface area contributed by atoms with Crippen LogP contribution < -0.4 is 0 Å². The highest BCUT2D eigenvalue weighted by Crippen LogP contribution is 2.28. The lowest BCUT2D eigenvalue weighted by molar-refractivity contribution is 0.0543. The van der Waals surface area contributed by atoms with Crippen LogP contribution in [0.1, 0.15) is 20.8 Å². The Labute approximate surface area is 123 Å². The van der Waals surface area contributed by atoms with Crippen molar-refractivity contribution in [3.05, 3.63) is 27.1 Å². The van der Waals surface area contributed by atoms with Crippen LogP contribution >= 0.6 is 34.2 Å². The van der Waals surface area contributed by atoms with Gasteiger partial charge in [0, 0.05) is 16.0 Å². The molecule has 4 nitrogen and oxygen atoms in total. The summed E-state index contributed by atoms with van der Waals surface area (Å²) in [5.74, 6) is 0. The van der Waals surface area contributed by atoms with Crippen molar-refractivity contribution in [1.82, 2.24) is 9.55 Å². The maximum absolute atomic E-state index is 12.1. The second-order valence-electron chi connectivity index (χ2n) is 4.82. The van der Waals surface area contributed by atoms with Gasteiger partial charge in [0.15, 0.2) is 5.65 Å². The number of pyridine rings is 1. The first-order valence-electron chi connectivity index (χ1n) is 5.34. The van der Waals surface area contributed by atoms with E-state index in [4.69, 9.17) is 16.3 Å². The van der Waals surface area contributed by atoms with Crippen LogP contribution in [0.25, 0.3) is 11.0 Å². The molecule has 0 aliphatic carbocycles. The summed E-state index contributed by atoms with van der Waals surface area (Å²) in [6.45, 7) is 5.46. The van der Waals surface area contributed by atoms with Crippen molar-refractivity contribution in [2.45, 2.75) is 26.4 Å². The molecule has 0 aliphatic heterocycles. The molecule has 96 valence electrons. The number of fused-ring (bicyclic) bond motifs is 1. The standard InChI is InChI=1S/C12H12ClIN2O2/c1-12(2,3)18-11(17)16-6-8(14)9-7(13)4-5-15-10(9)16/h4-6H,1-3H3. The average molecular weight is 379 g/mol. The number of rotatable bonds is 0. The summed E-state index contributed by atoms with van der Waals surface area (Å²) in [5.41, 5.74) is -0.0290. The smallest absolute Gasteiger partial charge is 0.420 e. The van der Waals surface area contributed by atoms with Crippen molar-refractivity contribution in [3.8, 4) is 0 Å². The van der Waals surface area contributed by atoms with E-state index in [9.17, 15) is 4.79 Å². The molecule has 0 amide bonds. The van der Waals surface area contributed by atoms with Crippen LogP contribution in [0.4, 0.5) is 4.79 Å². The predicted molar refractivity (Wildman–Crippen MR) is 79.1 cm³/mol. The van der Waals surface area contributed by atoms with E-state index in [1.807, 2.05) is 20.8 Å². The first-order valence-corrected chi connectivity index (χ1v) is 6.79. The van der Waals surface area contributed by atoms with Crippen LogP contribution in [0.5, 0.6) is 0 Å². The van der Waals surface area contributed by atoms with Crippen LogP contribution in [0.15, 0.2) is 18.5 Å². The summed E-state index contributed by atoms with van der Waals surface area (Å²) in [6.07, 6.45) is 2.80. The number of ether oxygens (including phenoxy) is 1. The summed E-state index contributed by atoms with van der Waals surface area (Å²) >= 11 is 8.23. The Kier molecular flexibility index (Phi) is 3.55. The summed E-state index contributed by atoms with van der Waals surface area (Å²) in [4.78, 5) is 16.2. The predicted octanol–water partition coefficient (Wildman–Crippen LogP) is 4.08. The Morgan fingerprint density at radius 3 is 2.78 bits per heavy atom. The normalized spacial score (nSPS) is 11.8. The molecular weight excluding hydrogens is 367 g/mol. The number of halogens is 2. The zero-order valence-electron chi connectivity index (χ0n) is 10.2. The Morgan fingerprint density at radius 1 is 1.50 bits per heavy atom. The fraction of sp³-hybridized carbons (Fsp3) is 0.333. The first kappa shape index (κ1) is 13.6. The molecule has 2 heterocycles. The van der Waals surface area contributed by atoms with Gasteiger partial charge in [-0.1, -0.05) is 11.6 Å². The summed E-state index contributed by atoms with van der Waals surface area (Å²) < 4.78 is 7.57. The van der Waals surface area contributed by atoms with E-state index >= 15 is 0 Å². The number of hydrogen-bond donors (Lipinski definition) is 0. The van der Waals surface area contributed by atoms with Crippen molar-refractivity contribution in [2.24, 2.45) is 0 Å². The Hall–Kier alpha value is -0.820. The topological polar surface area (TPSA) is 44.1 Å². The van der Waals surface area contributed by atoms with E-state index in [0.29, 0.717) is 10.7 Å². The van der Waals surface area contributed by atoms with Gasteiger partial charge < -0.3 is 4.74 Å². The van der Waals surface area contributed by atoms with E-state index in [0.717, 1.165) is 8.96 Å². The summed E-state index contributed by atoms with van der Waals surface area (Å²) in [6, 6.07) is 1.70. The van der Waals surface area contributed by atoms with Gasteiger partial charge in [-0.15, -0.1) is 0 Å². The minimum absolute atomic E-state index is 0.454. The molecule has 0 saturated carbocycles. The van der Waals surface area contributed by atoms with Crippen LogP contribution in [0, 0.1) is 3.57 Å². The number of carbonyl (C=O) groups excluding carboxylic acids is 1. The van der Waals surface area contributed by atoms with Crippen LogP contribution in [-0.4, -0.2) is 21.2 Å². The molecule has 0 saturated heterocycles. The molecule has 0 spiro atoms. The van der Waals surface area contributed by atoms with Gasteiger partial charge in [0.2, 0.25) is 0 Å². The summed E-state index contributed by atoms with van der Waals surface area (Å²) in [5, 5.41) is 1.34. The quantitative estimate of drug-likeness (QED) is 0.649. The molecule has 0 unspecified atom stereocenters. The molecule has 2 aromatic rings. The molecule has 0 radical (unpaired) electrons. The van der Waals surface area contributed by atoms with Gasteiger partial charge in [-0.2, -0.15) is 0 Å². The van der Waals surface area contributed by atoms with Gasteiger partial charge in [-0.25, -0.2) is 14.3 Å². The third kappa shape index (κ3) is 2.61. The maximum atomic E-state index is 12.1. The SMILES string of the molecule is CC(C)(C)OC(=O)n1cc(I)c2c(Cl)ccnc21. The largest absolute Gasteiger partial charge is 0.443 e. The molecule has 0 aliphatic rings. The Bertz CT molecular complexity index is 616. The van der Waals surface area contributed by atoms with E-state index < -0.39 is 11.7 Å². The number of carbonyl (C=O) groups is 1. The first-order chi connectivity index (χ1) is 8.29. The van der Waals surface area contributed by atoms with Crippen molar-refractivity contribution in [1.29, 1.82) is 0 Å². The van der Waals surface area contributed by atoms with E-state index in [-0.39, 0.29) is 0 Å². The van der Waals surface area contributed by atoms with E-state index in [1.165, 1.54) is 4.57 Å². The van der Waals surface area contributed by atoms with Crippen molar-refractivity contribution < 1.29 is 9.53 Å². The number of hydrogen-bond acceptors (Lipinski definition) is 3. The minimum Gasteiger partial charge on any atom is -0.443 e. The van der Waals surface area contributed by atoms with Crippen LogP contribution in [-0.2, 0) is 4.74 Å². The molecule has 0 bridgehead atoms. The van der Waals surface area contributed by atoms with Gasteiger partial charge in [0.25, 0.3) is 0 Å². The molecule has 0 atom stereocenters. The van der Waals surface area contributed by atoms with E-state index in [1.54, 1.807) is 18.5 Å². The lowest BCUT2D eigenvalue weighted by Gasteiger charge is -2.19. The van der Waals surface area contributed by atoms with Crippen molar-refractivity contribution >= 4 is 51.3 Å². The van der Waals surface area contributed by atoms with Crippen molar-refractivity contribution in [3.63, 3.8) is 0 Å². The fourth-order valence-corrected chi connectivity index (χ4v) is 2.73. The lowest BCUT2D eigenvalue weighted by atomic mass is 10.2. The minimum atomic E-state index is -0.544. The van der Waals surface area contributed by atoms with Gasteiger partial charge in [-0.3, -0.25) is 0 Å². The van der Waals surface area contributed by atoms with Gasteiger partial charge in [-0.05, 0) is 49.4 Å². The van der Waals surface area contributed by atoms with Gasteiger partial charge >= 0.3 is 6.09 Å². The highest BCUT2D eigenvalue weighted by Gasteiger charge is 2.21. The molecule has 2 rings (SSSR count). The molecule has 2 aromatic heterocycles.